The van der Waals surface area contributed by atoms with Crippen LogP contribution in [-0.2, 0) is 21.4 Å². The van der Waals surface area contributed by atoms with Gasteiger partial charge in [0, 0.05) is 13.5 Å². The number of aromatic nitrogens is 2. The number of carbonyl (C=O) groups is 2. The van der Waals surface area contributed by atoms with Gasteiger partial charge in [0.2, 0.25) is 0 Å². The molecule has 7 nitrogen and oxygen atoms in total. The fourth-order valence-electron chi connectivity index (χ4n) is 2.60. The summed E-state index contributed by atoms with van der Waals surface area (Å²) in [4.78, 5) is 24.2. The Balaban J connectivity index is 1.73. The SMILES string of the molecule is Cc1cccc(OCCCC(=O)O[C@H](C)C(=O)Nc2c(C)nn(C)c2C)c1. The van der Waals surface area contributed by atoms with E-state index in [1.54, 1.807) is 18.7 Å². The molecule has 1 heterocycles. The molecule has 146 valence electrons. The minimum Gasteiger partial charge on any atom is -0.494 e. The number of rotatable bonds is 8. The maximum absolute atomic E-state index is 12.3. The van der Waals surface area contributed by atoms with Crippen LogP contribution in [0.1, 0.15) is 36.7 Å². The largest absolute Gasteiger partial charge is 0.494 e. The van der Waals surface area contributed by atoms with Crippen LogP contribution in [0.25, 0.3) is 0 Å². The molecule has 2 rings (SSSR count). The molecular weight excluding hydrogens is 346 g/mol. The predicted octanol–water partition coefficient (Wildman–Crippen LogP) is 3.07. The Hall–Kier alpha value is -2.83. The van der Waals surface area contributed by atoms with E-state index >= 15 is 0 Å². The Labute approximate surface area is 159 Å². The van der Waals surface area contributed by atoms with Crippen LogP contribution in [0.5, 0.6) is 5.75 Å². The zero-order chi connectivity index (χ0) is 20.0. The van der Waals surface area contributed by atoms with Gasteiger partial charge in [-0.1, -0.05) is 12.1 Å². The van der Waals surface area contributed by atoms with Crippen molar-refractivity contribution >= 4 is 17.6 Å². The first kappa shape index (κ1) is 20.5. The average Bonchev–Trinajstić information content (AvgIpc) is 2.85. The van der Waals surface area contributed by atoms with Crippen molar-refractivity contribution in [3.63, 3.8) is 0 Å². The Bertz CT molecular complexity index is 814. The Morgan fingerprint density at radius 1 is 1.26 bits per heavy atom. The summed E-state index contributed by atoms with van der Waals surface area (Å²) in [5.74, 6) is -0.0259. The fourth-order valence-corrected chi connectivity index (χ4v) is 2.60. The normalized spacial score (nSPS) is 11.7. The van der Waals surface area contributed by atoms with E-state index in [0.717, 1.165) is 22.7 Å². The molecule has 0 fully saturated rings. The smallest absolute Gasteiger partial charge is 0.306 e. The van der Waals surface area contributed by atoms with E-state index in [1.807, 2.05) is 45.0 Å². The predicted molar refractivity (Wildman–Crippen MR) is 103 cm³/mol. The van der Waals surface area contributed by atoms with E-state index in [0.29, 0.717) is 18.7 Å². The summed E-state index contributed by atoms with van der Waals surface area (Å²) in [6.07, 6.45) is -0.176. The molecule has 7 heteroatoms. The number of esters is 1. The third-order valence-corrected chi connectivity index (χ3v) is 4.22. The number of amides is 1. The monoisotopic (exact) mass is 373 g/mol. The van der Waals surface area contributed by atoms with Gasteiger partial charge in [-0.3, -0.25) is 14.3 Å². The van der Waals surface area contributed by atoms with Gasteiger partial charge in [0.05, 0.1) is 23.7 Å². The molecular formula is C20H27N3O4. The topological polar surface area (TPSA) is 82.4 Å². The van der Waals surface area contributed by atoms with Gasteiger partial charge >= 0.3 is 5.97 Å². The molecule has 1 N–H and O–H groups in total. The van der Waals surface area contributed by atoms with E-state index in [4.69, 9.17) is 9.47 Å². The second kappa shape index (κ2) is 9.21. The molecule has 27 heavy (non-hydrogen) atoms. The molecule has 0 saturated heterocycles. The lowest BCUT2D eigenvalue weighted by Crippen LogP contribution is -2.30. The molecule has 0 aliphatic heterocycles. The lowest BCUT2D eigenvalue weighted by molar-refractivity contribution is -0.153. The van der Waals surface area contributed by atoms with Crippen molar-refractivity contribution in [2.24, 2.45) is 7.05 Å². The molecule has 0 aliphatic carbocycles. The quantitative estimate of drug-likeness (QED) is 0.568. The van der Waals surface area contributed by atoms with Gasteiger partial charge < -0.3 is 14.8 Å². The standard InChI is InChI=1S/C20H27N3O4/c1-13-8-6-9-17(12-13)26-11-7-10-18(24)27-16(4)20(25)21-19-14(2)22-23(5)15(19)3/h6,8-9,12,16H,7,10-11H2,1-5H3,(H,21,25)/t16-/m1/s1. The van der Waals surface area contributed by atoms with Crippen LogP contribution in [0.3, 0.4) is 0 Å². The summed E-state index contributed by atoms with van der Waals surface area (Å²) in [6.45, 7) is 7.63. The maximum atomic E-state index is 12.3. The maximum Gasteiger partial charge on any atom is 0.306 e. The van der Waals surface area contributed by atoms with Gasteiger partial charge in [0.25, 0.3) is 5.91 Å². The van der Waals surface area contributed by atoms with Crippen LogP contribution in [-0.4, -0.2) is 34.4 Å². The van der Waals surface area contributed by atoms with Crippen molar-refractivity contribution < 1.29 is 19.1 Å². The average molecular weight is 373 g/mol. The number of nitrogens with one attached hydrogen (secondary N) is 1. The van der Waals surface area contributed by atoms with Crippen LogP contribution in [0.2, 0.25) is 0 Å². The zero-order valence-electron chi connectivity index (χ0n) is 16.5. The van der Waals surface area contributed by atoms with E-state index < -0.39 is 12.1 Å². The summed E-state index contributed by atoms with van der Waals surface area (Å²) in [6, 6.07) is 7.73. The summed E-state index contributed by atoms with van der Waals surface area (Å²) < 4.78 is 12.5. The van der Waals surface area contributed by atoms with E-state index in [9.17, 15) is 9.59 Å². The summed E-state index contributed by atoms with van der Waals surface area (Å²) in [5, 5.41) is 7.02. The molecule has 0 spiro atoms. The lowest BCUT2D eigenvalue weighted by Gasteiger charge is -2.14. The number of ether oxygens (including phenoxy) is 2. The summed E-state index contributed by atoms with van der Waals surface area (Å²) in [7, 11) is 1.81. The van der Waals surface area contributed by atoms with Gasteiger partial charge in [0.1, 0.15) is 5.75 Å². The van der Waals surface area contributed by atoms with Crippen LogP contribution >= 0.6 is 0 Å². The van der Waals surface area contributed by atoms with Crippen LogP contribution in [0.15, 0.2) is 24.3 Å². The Morgan fingerprint density at radius 3 is 2.63 bits per heavy atom. The number of benzene rings is 1. The van der Waals surface area contributed by atoms with Crippen molar-refractivity contribution in [2.75, 3.05) is 11.9 Å². The van der Waals surface area contributed by atoms with Gasteiger partial charge in [-0.05, 0) is 51.8 Å². The second-order valence-corrected chi connectivity index (χ2v) is 6.56. The molecule has 0 unspecified atom stereocenters. The molecule has 0 saturated carbocycles. The number of carbonyl (C=O) groups excluding carboxylic acids is 2. The van der Waals surface area contributed by atoms with E-state index in [-0.39, 0.29) is 12.3 Å². The number of anilines is 1. The van der Waals surface area contributed by atoms with Crippen LogP contribution < -0.4 is 10.1 Å². The first-order valence-corrected chi connectivity index (χ1v) is 8.98. The van der Waals surface area contributed by atoms with Crippen LogP contribution in [0, 0.1) is 20.8 Å². The highest BCUT2D eigenvalue weighted by molar-refractivity contribution is 5.96. The third kappa shape index (κ3) is 5.84. The number of hydrogen-bond acceptors (Lipinski definition) is 5. The molecule has 0 radical (unpaired) electrons. The van der Waals surface area contributed by atoms with Crippen molar-refractivity contribution in [3.05, 3.63) is 41.2 Å². The van der Waals surface area contributed by atoms with Crippen molar-refractivity contribution in [1.82, 2.24) is 9.78 Å². The van der Waals surface area contributed by atoms with Crippen molar-refractivity contribution in [3.8, 4) is 5.75 Å². The lowest BCUT2D eigenvalue weighted by atomic mass is 10.2. The van der Waals surface area contributed by atoms with Gasteiger partial charge in [0.15, 0.2) is 6.10 Å². The number of aryl methyl sites for hydroxylation is 3. The molecule has 1 atom stereocenters. The van der Waals surface area contributed by atoms with Crippen molar-refractivity contribution in [2.45, 2.75) is 46.6 Å². The molecule has 0 aliphatic rings. The minimum atomic E-state index is -0.880. The van der Waals surface area contributed by atoms with Gasteiger partial charge in [-0.15, -0.1) is 0 Å². The first-order chi connectivity index (χ1) is 12.8. The molecule has 1 aromatic carbocycles. The van der Waals surface area contributed by atoms with E-state index in [2.05, 4.69) is 10.4 Å². The fraction of sp³-hybridized carbons (Fsp3) is 0.450. The van der Waals surface area contributed by atoms with Gasteiger partial charge in [-0.25, -0.2) is 0 Å². The highest BCUT2D eigenvalue weighted by Crippen LogP contribution is 2.19. The minimum absolute atomic E-state index is 0.189. The zero-order valence-corrected chi connectivity index (χ0v) is 16.5. The number of hydrogen-bond donors (Lipinski definition) is 1. The third-order valence-electron chi connectivity index (χ3n) is 4.22. The van der Waals surface area contributed by atoms with E-state index in [1.165, 1.54) is 0 Å². The summed E-state index contributed by atoms with van der Waals surface area (Å²) in [5.41, 5.74) is 3.32. The highest BCUT2D eigenvalue weighted by atomic mass is 16.5. The molecule has 2 aromatic rings. The number of nitrogens with zero attached hydrogens (tertiary/aromatic N) is 2. The first-order valence-electron chi connectivity index (χ1n) is 8.98. The van der Waals surface area contributed by atoms with Gasteiger partial charge in [-0.2, -0.15) is 5.10 Å². The summed E-state index contributed by atoms with van der Waals surface area (Å²) >= 11 is 0. The van der Waals surface area contributed by atoms with Crippen molar-refractivity contribution in [1.29, 1.82) is 0 Å². The Kier molecular flexibility index (Phi) is 6.98. The van der Waals surface area contributed by atoms with Crippen LogP contribution in [0.4, 0.5) is 5.69 Å². The Morgan fingerprint density at radius 2 is 2.00 bits per heavy atom. The second-order valence-electron chi connectivity index (χ2n) is 6.56. The molecule has 0 bridgehead atoms. The molecule has 1 aromatic heterocycles. The molecule has 1 amide bonds. The highest BCUT2D eigenvalue weighted by Gasteiger charge is 2.20.